The van der Waals surface area contributed by atoms with Crippen molar-refractivity contribution in [2.75, 3.05) is 0 Å². The Morgan fingerprint density at radius 2 is 1.47 bits per heavy atom. The minimum atomic E-state index is 0.546. The second-order valence-electron chi connectivity index (χ2n) is 6.05. The van der Waals surface area contributed by atoms with Crippen LogP contribution >= 0.6 is 11.6 Å². The number of aryl methyl sites for hydroxylation is 1. The molecule has 0 atom stereocenters. The third kappa shape index (κ3) is 3.10. The van der Waals surface area contributed by atoms with E-state index in [0.717, 1.165) is 23.8 Å². The lowest BCUT2D eigenvalue weighted by Crippen LogP contribution is -2.14. The van der Waals surface area contributed by atoms with Crippen LogP contribution in [0.4, 0.5) is 0 Å². The highest BCUT2D eigenvalue weighted by molar-refractivity contribution is 6.30. The van der Waals surface area contributed by atoms with Crippen molar-refractivity contribution in [3.8, 4) is 0 Å². The molecule has 1 fully saturated rings. The van der Waals surface area contributed by atoms with Gasteiger partial charge in [-0.25, -0.2) is 9.97 Å². The fraction of sp³-hybridized carbons (Fsp3) is 0.750. The average Bonchev–Trinajstić information content (AvgIpc) is 2.38. The van der Waals surface area contributed by atoms with E-state index < -0.39 is 0 Å². The maximum atomic E-state index is 6.39. The van der Waals surface area contributed by atoms with E-state index >= 15 is 0 Å². The molecule has 104 valence electrons. The molecule has 0 bridgehead atoms. The van der Waals surface area contributed by atoms with Crippen LogP contribution in [0, 0.1) is 0 Å². The van der Waals surface area contributed by atoms with Gasteiger partial charge in [-0.2, -0.15) is 0 Å². The summed E-state index contributed by atoms with van der Waals surface area (Å²) in [4.78, 5) is 9.51. The zero-order chi connectivity index (χ0) is 13.1. The quantitative estimate of drug-likeness (QED) is 0.687. The highest BCUT2D eigenvalue weighted by Gasteiger charge is 2.21. The summed E-state index contributed by atoms with van der Waals surface area (Å²) < 4.78 is 0. The molecule has 0 unspecified atom stereocenters. The molecule has 1 aromatic rings. The van der Waals surface area contributed by atoms with Gasteiger partial charge in [0.2, 0.25) is 0 Å². The molecule has 0 aliphatic heterocycles. The molecule has 2 aliphatic rings. The van der Waals surface area contributed by atoms with Crippen molar-refractivity contribution in [2.45, 2.75) is 76.5 Å². The van der Waals surface area contributed by atoms with Crippen LogP contribution in [-0.4, -0.2) is 9.97 Å². The number of rotatable bonds is 1. The predicted octanol–water partition coefficient (Wildman–Crippen LogP) is 4.84. The van der Waals surface area contributed by atoms with Crippen LogP contribution < -0.4 is 0 Å². The van der Waals surface area contributed by atoms with E-state index in [1.165, 1.54) is 69.0 Å². The van der Waals surface area contributed by atoms with Gasteiger partial charge in [0.25, 0.3) is 0 Å². The molecule has 0 aromatic carbocycles. The molecule has 0 spiro atoms. The lowest BCUT2D eigenvalue weighted by molar-refractivity contribution is 0.440. The minimum absolute atomic E-state index is 0.546. The van der Waals surface area contributed by atoms with Gasteiger partial charge in [0.15, 0.2) is 0 Å². The first-order valence-electron chi connectivity index (χ1n) is 7.90. The largest absolute Gasteiger partial charge is 0.237 e. The zero-order valence-electron chi connectivity index (χ0n) is 11.6. The Morgan fingerprint density at radius 1 is 0.789 bits per heavy atom. The summed E-state index contributed by atoms with van der Waals surface area (Å²) in [6.07, 6.45) is 13.9. The standard InChI is InChI=1S/C16H23ClN2/c17-15-13-10-6-7-11-14(13)18-16(19-15)12-8-4-2-1-3-5-9-12/h12H,1-11H2. The molecule has 1 saturated carbocycles. The number of hydrogen-bond donors (Lipinski definition) is 0. The molecule has 0 amide bonds. The van der Waals surface area contributed by atoms with Crippen molar-refractivity contribution < 1.29 is 0 Å². The van der Waals surface area contributed by atoms with Gasteiger partial charge in [0, 0.05) is 17.2 Å². The molecule has 0 radical (unpaired) electrons. The maximum absolute atomic E-state index is 6.39. The Balaban J connectivity index is 1.84. The summed E-state index contributed by atoms with van der Waals surface area (Å²) >= 11 is 6.39. The van der Waals surface area contributed by atoms with Crippen molar-refractivity contribution in [1.29, 1.82) is 0 Å². The fourth-order valence-corrected chi connectivity index (χ4v) is 3.75. The molecular weight excluding hydrogens is 256 g/mol. The fourth-order valence-electron chi connectivity index (χ4n) is 3.46. The average molecular weight is 279 g/mol. The normalized spacial score (nSPS) is 21.5. The number of halogens is 1. The third-order valence-electron chi connectivity index (χ3n) is 4.62. The van der Waals surface area contributed by atoms with E-state index in [0.29, 0.717) is 5.92 Å². The summed E-state index contributed by atoms with van der Waals surface area (Å²) in [6.45, 7) is 0. The number of fused-ring (bicyclic) bond motifs is 1. The van der Waals surface area contributed by atoms with Crippen LogP contribution in [0.1, 0.15) is 80.8 Å². The molecule has 0 N–H and O–H groups in total. The van der Waals surface area contributed by atoms with E-state index in [-0.39, 0.29) is 0 Å². The van der Waals surface area contributed by atoms with Gasteiger partial charge in [-0.3, -0.25) is 0 Å². The highest BCUT2D eigenvalue weighted by Crippen LogP contribution is 2.32. The van der Waals surface area contributed by atoms with E-state index in [1.807, 2.05) is 0 Å². The summed E-state index contributed by atoms with van der Waals surface area (Å²) in [7, 11) is 0. The van der Waals surface area contributed by atoms with Crippen LogP contribution in [0.25, 0.3) is 0 Å². The Labute approximate surface area is 121 Å². The number of nitrogens with zero attached hydrogens (tertiary/aromatic N) is 2. The summed E-state index contributed by atoms with van der Waals surface area (Å²) in [5, 5.41) is 0.738. The van der Waals surface area contributed by atoms with Crippen LogP contribution in [0.5, 0.6) is 0 Å². The summed E-state index contributed by atoms with van der Waals surface area (Å²) in [5.41, 5.74) is 2.46. The van der Waals surface area contributed by atoms with Crippen molar-refractivity contribution in [1.82, 2.24) is 9.97 Å². The molecular formula is C16H23ClN2. The van der Waals surface area contributed by atoms with Crippen molar-refractivity contribution >= 4 is 11.6 Å². The Kier molecular flexibility index (Phi) is 4.37. The van der Waals surface area contributed by atoms with E-state index in [1.54, 1.807) is 0 Å². The molecule has 2 aliphatic carbocycles. The van der Waals surface area contributed by atoms with Gasteiger partial charge in [-0.1, -0.05) is 43.7 Å². The minimum Gasteiger partial charge on any atom is -0.237 e. The molecule has 3 rings (SSSR count). The molecule has 3 heteroatoms. The Morgan fingerprint density at radius 3 is 2.26 bits per heavy atom. The van der Waals surface area contributed by atoms with E-state index in [4.69, 9.17) is 16.6 Å². The topological polar surface area (TPSA) is 25.8 Å². The molecule has 1 aromatic heterocycles. The second-order valence-corrected chi connectivity index (χ2v) is 6.41. The van der Waals surface area contributed by atoms with Gasteiger partial charge in [-0.05, 0) is 38.5 Å². The SMILES string of the molecule is Clc1nc(C2CCCCCCC2)nc2c1CCCC2. The lowest BCUT2D eigenvalue weighted by Gasteiger charge is -2.22. The molecule has 1 heterocycles. The van der Waals surface area contributed by atoms with Gasteiger partial charge in [0.05, 0.1) is 0 Å². The van der Waals surface area contributed by atoms with Crippen LogP contribution in [0.2, 0.25) is 5.15 Å². The first-order chi connectivity index (χ1) is 9.34. The Bertz CT molecular complexity index is 437. The first kappa shape index (κ1) is 13.4. The van der Waals surface area contributed by atoms with Gasteiger partial charge in [0.1, 0.15) is 11.0 Å². The van der Waals surface area contributed by atoms with E-state index in [9.17, 15) is 0 Å². The van der Waals surface area contributed by atoms with Gasteiger partial charge in [-0.15, -0.1) is 0 Å². The van der Waals surface area contributed by atoms with E-state index in [2.05, 4.69) is 4.98 Å². The summed E-state index contributed by atoms with van der Waals surface area (Å²) in [6, 6.07) is 0. The smallest absolute Gasteiger partial charge is 0.136 e. The molecule has 19 heavy (non-hydrogen) atoms. The predicted molar refractivity (Wildman–Crippen MR) is 78.7 cm³/mol. The van der Waals surface area contributed by atoms with Crippen LogP contribution in [0.3, 0.4) is 0 Å². The number of hydrogen-bond acceptors (Lipinski definition) is 2. The van der Waals surface area contributed by atoms with Crippen molar-refractivity contribution in [2.24, 2.45) is 0 Å². The van der Waals surface area contributed by atoms with Gasteiger partial charge >= 0.3 is 0 Å². The maximum Gasteiger partial charge on any atom is 0.136 e. The Hall–Kier alpha value is -0.630. The molecule has 2 nitrogen and oxygen atoms in total. The van der Waals surface area contributed by atoms with Crippen LogP contribution in [-0.2, 0) is 12.8 Å². The highest BCUT2D eigenvalue weighted by atomic mass is 35.5. The number of aromatic nitrogens is 2. The third-order valence-corrected chi connectivity index (χ3v) is 4.93. The second kappa shape index (κ2) is 6.21. The van der Waals surface area contributed by atoms with Crippen LogP contribution in [0.15, 0.2) is 0 Å². The lowest BCUT2D eigenvalue weighted by atomic mass is 9.90. The zero-order valence-corrected chi connectivity index (χ0v) is 12.4. The van der Waals surface area contributed by atoms with Crippen molar-refractivity contribution in [3.63, 3.8) is 0 Å². The van der Waals surface area contributed by atoms with Gasteiger partial charge < -0.3 is 0 Å². The van der Waals surface area contributed by atoms with Crippen molar-refractivity contribution in [3.05, 3.63) is 22.2 Å². The monoisotopic (exact) mass is 278 g/mol. The summed E-state index contributed by atoms with van der Waals surface area (Å²) in [5.74, 6) is 1.58. The molecule has 0 saturated heterocycles. The first-order valence-corrected chi connectivity index (χ1v) is 8.27.